The van der Waals surface area contributed by atoms with Gasteiger partial charge in [0.2, 0.25) is 0 Å². The van der Waals surface area contributed by atoms with Crippen molar-refractivity contribution in [2.24, 2.45) is 5.92 Å². The fourth-order valence-electron chi connectivity index (χ4n) is 4.92. The van der Waals surface area contributed by atoms with Gasteiger partial charge in [0.25, 0.3) is 0 Å². The van der Waals surface area contributed by atoms with E-state index in [1.165, 1.54) is 24.8 Å². The van der Waals surface area contributed by atoms with E-state index >= 15 is 0 Å². The van der Waals surface area contributed by atoms with Gasteiger partial charge in [0.15, 0.2) is 5.78 Å². The molecule has 0 spiro atoms. The van der Waals surface area contributed by atoms with E-state index in [2.05, 4.69) is 35.2 Å². The molecular formula is C24H29NO2. The number of Topliss-reactive ketones (excluding diaryl/α,β-unsaturated/α-hetero) is 1. The second-order valence-electron chi connectivity index (χ2n) is 7.86. The van der Waals surface area contributed by atoms with Crippen LogP contribution in [0.5, 0.6) is 5.75 Å². The molecule has 2 aliphatic heterocycles. The van der Waals surface area contributed by atoms with Crippen LogP contribution in [0, 0.1) is 5.92 Å². The molecule has 3 nitrogen and oxygen atoms in total. The largest absolute Gasteiger partial charge is 0.493 e. The number of hydrogen-bond donors (Lipinski definition) is 0. The van der Waals surface area contributed by atoms with Crippen molar-refractivity contribution in [2.45, 2.75) is 57.7 Å². The van der Waals surface area contributed by atoms with E-state index in [4.69, 9.17) is 4.74 Å². The van der Waals surface area contributed by atoms with Crippen LogP contribution >= 0.6 is 0 Å². The lowest BCUT2D eigenvalue weighted by atomic mass is 9.75. The normalized spacial score (nSPS) is 25.1. The van der Waals surface area contributed by atoms with Gasteiger partial charge < -0.3 is 4.74 Å². The maximum Gasteiger partial charge on any atom is 0.169 e. The molecule has 0 radical (unpaired) electrons. The highest BCUT2D eigenvalue weighted by atomic mass is 16.5. The standard InChI is InChI=1S/C24H29NO2/c1-2-27-23-14-7-6-13-22(23)24(26)19-15-20-11-8-12-21(16-19)25(20)17-18-9-4-3-5-10-18/h3-7,9-10,13-14,19-21H,2,8,11-12,15-17H2,1H3. The number of nitrogens with zero attached hydrogens (tertiary/aromatic N) is 1. The Morgan fingerprint density at radius 2 is 1.67 bits per heavy atom. The monoisotopic (exact) mass is 363 g/mol. The Morgan fingerprint density at radius 3 is 2.37 bits per heavy atom. The number of fused-ring (bicyclic) bond motifs is 2. The summed E-state index contributed by atoms with van der Waals surface area (Å²) in [4.78, 5) is 16.0. The first kappa shape index (κ1) is 18.2. The molecular weight excluding hydrogens is 334 g/mol. The molecule has 142 valence electrons. The van der Waals surface area contributed by atoms with Gasteiger partial charge >= 0.3 is 0 Å². The summed E-state index contributed by atoms with van der Waals surface area (Å²) in [5, 5.41) is 0. The lowest BCUT2D eigenvalue weighted by Crippen LogP contribution is -2.52. The Bertz CT molecular complexity index is 759. The number of ketones is 1. The van der Waals surface area contributed by atoms with Crippen LogP contribution in [0.3, 0.4) is 0 Å². The zero-order valence-corrected chi connectivity index (χ0v) is 16.1. The van der Waals surface area contributed by atoms with Gasteiger partial charge in [0.05, 0.1) is 12.2 Å². The van der Waals surface area contributed by atoms with Gasteiger partial charge in [0, 0.05) is 24.5 Å². The molecule has 2 fully saturated rings. The first-order chi connectivity index (χ1) is 13.3. The molecule has 2 bridgehead atoms. The summed E-state index contributed by atoms with van der Waals surface area (Å²) in [7, 11) is 0. The zero-order chi connectivity index (χ0) is 18.6. The van der Waals surface area contributed by atoms with Gasteiger partial charge in [-0.25, -0.2) is 0 Å². The van der Waals surface area contributed by atoms with E-state index < -0.39 is 0 Å². The number of carbonyl (C=O) groups is 1. The summed E-state index contributed by atoms with van der Waals surface area (Å²) in [5.74, 6) is 1.13. The van der Waals surface area contributed by atoms with Crippen LogP contribution in [0.1, 0.15) is 54.9 Å². The first-order valence-corrected chi connectivity index (χ1v) is 10.3. The number of rotatable bonds is 6. The van der Waals surface area contributed by atoms with E-state index in [0.717, 1.165) is 30.7 Å². The van der Waals surface area contributed by atoms with Crippen molar-refractivity contribution < 1.29 is 9.53 Å². The molecule has 0 N–H and O–H groups in total. The molecule has 2 aromatic rings. The fourth-order valence-corrected chi connectivity index (χ4v) is 4.92. The minimum Gasteiger partial charge on any atom is -0.493 e. The molecule has 2 saturated heterocycles. The molecule has 27 heavy (non-hydrogen) atoms. The third-order valence-corrected chi connectivity index (χ3v) is 6.16. The van der Waals surface area contributed by atoms with Gasteiger partial charge in [-0.1, -0.05) is 48.9 Å². The Morgan fingerprint density at radius 1 is 1.00 bits per heavy atom. The second kappa shape index (κ2) is 8.26. The van der Waals surface area contributed by atoms with E-state index in [-0.39, 0.29) is 11.7 Å². The minimum absolute atomic E-state index is 0.119. The van der Waals surface area contributed by atoms with Crippen LogP contribution in [0.4, 0.5) is 0 Å². The van der Waals surface area contributed by atoms with Crippen molar-refractivity contribution in [1.82, 2.24) is 4.90 Å². The van der Waals surface area contributed by atoms with Crippen molar-refractivity contribution in [3.8, 4) is 5.75 Å². The Kier molecular flexibility index (Phi) is 5.58. The highest BCUT2D eigenvalue weighted by molar-refractivity contribution is 6.00. The van der Waals surface area contributed by atoms with Crippen LogP contribution in [0.15, 0.2) is 54.6 Å². The van der Waals surface area contributed by atoms with Gasteiger partial charge in [-0.2, -0.15) is 0 Å². The van der Waals surface area contributed by atoms with Gasteiger partial charge in [-0.15, -0.1) is 0 Å². The molecule has 2 aromatic carbocycles. The fraction of sp³-hybridized carbons (Fsp3) is 0.458. The Hall–Kier alpha value is -2.13. The average molecular weight is 364 g/mol. The maximum absolute atomic E-state index is 13.3. The van der Waals surface area contributed by atoms with Crippen molar-refractivity contribution in [2.75, 3.05) is 6.61 Å². The van der Waals surface area contributed by atoms with Crippen LogP contribution in [-0.2, 0) is 6.54 Å². The summed E-state index contributed by atoms with van der Waals surface area (Å²) < 4.78 is 5.71. The van der Waals surface area contributed by atoms with Gasteiger partial charge in [-0.05, 0) is 50.3 Å². The summed E-state index contributed by atoms with van der Waals surface area (Å²) in [6, 6.07) is 19.5. The number of ether oxygens (including phenoxy) is 1. The lowest BCUT2D eigenvalue weighted by Gasteiger charge is -2.48. The van der Waals surface area contributed by atoms with E-state index in [0.29, 0.717) is 18.7 Å². The summed E-state index contributed by atoms with van der Waals surface area (Å²) >= 11 is 0. The molecule has 4 rings (SSSR count). The third-order valence-electron chi connectivity index (χ3n) is 6.16. The first-order valence-electron chi connectivity index (χ1n) is 10.3. The van der Waals surface area contributed by atoms with E-state index in [9.17, 15) is 4.79 Å². The van der Waals surface area contributed by atoms with Crippen LogP contribution in [-0.4, -0.2) is 29.4 Å². The molecule has 2 atom stereocenters. The van der Waals surface area contributed by atoms with E-state index in [1.54, 1.807) is 0 Å². The number of para-hydroxylation sites is 1. The Balaban J connectivity index is 1.51. The summed E-state index contributed by atoms with van der Waals surface area (Å²) in [5.41, 5.74) is 2.14. The van der Waals surface area contributed by atoms with Crippen molar-refractivity contribution in [1.29, 1.82) is 0 Å². The number of benzene rings is 2. The molecule has 3 heteroatoms. The lowest BCUT2D eigenvalue weighted by molar-refractivity contribution is 0.00898. The Labute approximate surface area is 162 Å². The smallest absolute Gasteiger partial charge is 0.169 e. The number of piperidine rings is 2. The predicted octanol–water partition coefficient (Wildman–Crippen LogP) is 5.10. The van der Waals surface area contributed by atoms with Crippen molar-refractivity contribution in [3.63, 3.8) is 0 Å². The molecule has 0 saturated carbocycles. The molecule has 2 unspecified atom stereocenters. The molecule has 0 amide bonds. The SMILES string of the molecule is CCOc1ccccc1C(=O)C1CC2CCCC(C1)N2Cc1ccccc1. The number of carbonyl (C=O) groups excluding carboxylic acids is 1. The summed E-state index contributed by atoms with van der Waals surface area (Å²) in [6.07, 6.45) is 5.66. The van der Waals surface area contributed by atoms with Crippen LogP contribution in [0.25, 0.3) is 0 Å². The minimum atomic E-state index is 0.119. The zero-order valence-electron chi connectivity index (χ0n) is 16.1. The topological polar surface area (TPSA) is 29.5 Å². The van der Waals surface area contributed by atoms with Crippen molar-refractivity contribution >= 4 is 5.78 Å². The molecule has 0 aliphatic carbocycles. The third kappa shape index (κ3) is 3.93. The van der Waals surface area contributed by atoms with Crippen LogP contribution < -0.4 is 4.74 Å². The van der Waals surface area contributed by atoms with Gasteiger partial charge in [0.1, 0.15) is 5.75 Å². The van der Waals surface area contributed by atoms with Crippen LogP contribution in [0.2, 0.25) is 0 Å². The predicted molar refractivity (Wildman–Crippen MR) is 108 cm³/mol. The van der Waals surface area contributed by atoms with Gasteiger partial charge in [-0.3, -0.25) is 9.69 Å². The second-order valence-corrected chi connectivity index (χ2v) is 7.86. The quantitative estimate of drug-likeness (QED) is 0.669. The van der Waals surface area contributed by atoms with E-state index in [1.807, 2.05) is 31.2 Å². The highest BCUT2D eigenvalue weighted by Crippen LogP contribution is 2.40. The maximum atomic E-state index is 13.3. The molecule has 0 aromatic heterocycles. The highest BCUT2D eigenvalue weighted by Gasteiger charge is 2.41. The summed E-state index contributed by atoms with van der Waals surface area (Å²) in [6.45, 7) is 3.56. The molecule has 2 heterocycles. The number of hydrogen-bond acceptors (Lipinski definition) is 3. The molecule has 2 aliphatic rings. The average Bonchev–Trinajstić information content (AvgIpc) is 2.69. The van der Waals surface area contributed by atoms with Crippen molar-refractivity contribution in [3.05, 3.63) is 65.7 Å².